The van der Waals surface area contributed by atoms with Gasteiger partial charge in [0.2, 0.25) is 0 Å². The van der Waals surface area contributed by atoms with Crippen LogP contribution in [0.15, 0.2) is 36.4 Å². The minimum atomic E-state index is -0.641. The van der Waals surface area contributed by atoms with Crippen molar-refractivity contribution in [3.8, 4) is 0 Å². The van der Waals surface area contributed by atoms with E-state index in [1.54, 1.807) is 0 Å². The number of carbonyl (C=O) groups excluding carboxylic acids is 2. The first kappa shape index (κ1) is 18.2. The van der Waals surface area contributed by atoms with Gasteiger partial charge in [-0.3, -0.25) is 9.69 Å². The van der Waals surface area contributed by atoms with Crippen LogP contribution in [0.25, 0.3) is 5.57 Å². The number of rotatable bonds is 3. The summed E-state index contributed by atoms with van der Waals surface area (Å²) in [5, 5.41) is 3.06. The Labute approximate surface area is 161 Å². The van der Waals surface area contributed by atoms with Crippen LogP contribution in [0.4, 0.5) is 4.79 Å². The summed E-state index contributed by atoms with van der Waals surface area (Å²) in [5.41, 5.74) is 1.97. The lowest BCUT2D eigenvalue weighted by atomic mass is 9.84. The van der Waals surface area contributed by atoms with Crippen molar-refractivity contribution >= 4 is 17.5 Å². The normalized spacial score (nSPS) is 23.7. The van der Waals surface area contributed by atoms with Crippen LogP contribution in [-0.2, 0) is 4.79 Å². The SMILES string of the molecule is O=C1NC2(CCCCCCC2)C(=O)N1CN1CC=C(c2ccccc2)CC1. The zero-order valence-electron chi connectivity index (χ0n) is 16.0. The molecule has 0 atom stereocenters. The van der Waals surface area contributed by atoms with Gasteiger partial charge in [0.15, 0.2) is 0 Å². The zero-order valence-corrected chi connectivity index (χ0v) is 16.0. The topological polar surface area (TPSA) is 52.7 Å². The molecule has 0 aromatic heterocycles. The van der Waals surface area contributed by atoms with Gasteiger partial charge in [-0.15, -0.1) is 0 Å². The Morgan fingerprint density at radius 2 is 1.67 bits per heavy atom. The highest BCUT2D eigenvalue weighted by Gasteiger charge is 2.50. The average molecular weight is 367 g/mol. The Kier molecular flexibility index (Phi) is 5.30. The number of nitrogens with one attached hydrogen (secondary N) is 1. The second kappa shape index (κ2) is 7.85. The van der Waals surface area contributed by atoms with Crippen LogP contribution in [0.3, 0.4) is 0 Å². The van der Waals surface area contributed by atoms with Crippen LogP contribution in [0.2, 0.25) is 0 Å². The summed E-state index contributed by atoms with van der Waals surface area (Å²) >= 11 is 0. The average Bonchev–Trinajstić information content (AvgIpc) is 2.91. The van der Waals surface area contributed by atoms with E-state index in [4.69, 9.17) is 0 Å². The van der Waals surface area contributed by atoms with Crippen LogP contribution in [0, 0.1) is 0 Å². The van der Waals surface area contributed by atoms with Gasteiger partial charge in [-0.05, 0) is 30.4 Å². The molecule has 5 heteroatoms. The van der Waals surface area contributed by atoms with E-state index in [1.807, 2.05) is 6.07 Å². The van der Waals surface area contributed by atoms with Crippen LogP contribution < -0.4 is 5.32 Å². The largest absolute Gasteiger partial charge is 0.326 e. The predicted octanol–water partition coefficient (Wildman–Crippen LogP) is 3.77. The minimum Gasteiger partial charge on any atom is -0.323 e. The first-order chi connectivity index (χ1) is 13.2. The van der Waals surface area contributed by atoms with Gasteiger partial charge in [0, 0.05) is 13.1 Å². The van der Waals surface area contributed by atoms with E-state index >= 15 is 0 Å². The van der Waals surface area contributed by atoms with Crippen molar-refractivity contribution < 1.29 is 9.59 Å². The molecule has 3 amide bonds. The van der Waals surface area contributed by atoms with E-state index in [9.17, 15) is 9.59 Å². The van der Waals surface area contributed by atoms with Gasteiger partial charge in [0.05, 0.1) is 6.67 Å². The van der Waals surface area contributed by atoms with Gasteiger partial charge in [-0.1, -0.05) is 68.5 Å². The fourth-order valence-electron chi connectivity index (χ4n) is 4.61. The van der Waals surface area contributed by atoms with E-state index < -0.39 is 5.54 Å². The fraction of sp³-hybridized carbons (Fsp3) is 0.545. The van der Waals surface area contributed by atoms with Gasteiger partial charge in [0.1, 0.15) is 5.54 Å². The Hall–Kier alpha value is -2.14. The Morgan fingerprint density at radius 3 is 2.33 bits per heavy atom. The molecule has 3 aliphatic rings. The van der Waals surface area contributed by atoms with Crippen molar-refractivity contribution in [1.29, 1.82) is 0 Å². The summed E-state index contributed by atoms with van der Waals surface area (Å²) in [6.07, 6.45) is 10.3. The summed E-state index contributed by atoms with van der Waals surface area (Å²) in [7, 11) is 0. The molecule has 1 saturated carbocycles. The van der Waals surface area contributed by atoms with E-state index in [1.165, 1.54) is 22.5 Å². The Bertz CT molecular complexity index is 720. The molecule has 1 spiro atoms. The van der Waals surface area contributed by atoms with Crippen LogP contribution >= 0.6 is 0 Å². The van der Waals surface area contributed by atoms with E-state index in [0.29, 0.717) is 6.67 Å². The second-order valence-corrected chi connectivity index (χ2v) is 8.08. The van der Waals surface area contributed by atoms with Crippen molar-refractivity contribution in [2.75, 3.05) is 19.8 Å². The molecule has 4 rings (SSSR count). The highest BCUT2D eigenvalue weighted by molar-refractivity contribution is 6.07. The number of hydrogen-bond acceptors (Lipinski definition) is 3. The lowest BCUT2D eigenvalue weighted by molar-refractivity contribution is -0.133. The zero-order chi connectivity index (χ0) is 18.7. The predicted molar refractivity (Wildman–Crippen MR) is 106 cm³/mol. The summed E-state index contributed by atoms with van der Waals surface area (Å²) < 4.78 is 0. The molecule has 2 aliphatic heterocycles. The summed E-state index contributed by atoms with van der Waals surface area (Å²) in [4.78, 5) is 29.3. The maximum atomic E-state index is 13.1. The molecular weight excluding hydrogens is 338 g/mol. The third-order valence-corrected chi connectivity index (χ3v) is 6.23. The molecule has 1 N–H and O–H groups in total. The number of nitrogens with zero attached hydrogens (tertiary/aromatic N) is 2. The van der Waals surface area contributed by atoms with E-state index in [2.05, 4.69) is 40.6 Å². The van der Waals surface area contributed by atoms with Crippen molar-refractivity contribution in [2.45, 2.75) is 56.9 Å². The number of amides is 3. The number of hydrogen-bond donors (Lipinski definition) is 1. The van der Waals surface area contributed by atoms with E-state index in [0.717, 1.165) is 58.0 Å². The van der Waals surface area contributed by atoms with Crippen LogP contribution in [-0.4, -0.2) is 47.0 Å². The highest BCUT2D eigenvalue weighted by atomic mass is 16.2. The van der Waals surface area contributed by atoms with Gasteiger partial charge in [-0.2, -0.15) is 0 Å². The number of carbonyl (C=O) groups is 2. The van der Waals surface area contributed by atoms with Gasteiger partial charge < -0.3 is 5.32 Å². The Morgan fingerprint density at radius 1 is 0.963 bits per heavy atom. The molecule has 2 fully saturated rings. The smallest absolute Gasteiger partial charge is 0.323 e. The maximum Gasteiger partial charge on any atom is 0.326 e. The van der Waals surface area contributed by atoms with Crippen LogP contribution in [0.5, 0.6) is 0 Å². The first-order valence-electron chi connectivity index (χ1n) is 10.3. The molecule has 1 saturated heterocycles. The molecule has 144 valence electrons. The molecule has 5 nitrogen and oxygen atoms in total. The lowest BCUT2D eigenvalue weighted by Crippen LogP contribution is -2.48. The summed E-state index contributed by atoms with van der Waals surface area (Å²) in [6.45, 7) is 2.03. The standard InChI is InChI=1S/C22H29N3O2/c26-20-22(13-7-2-1-3-8-14-22)23-21(27)25(20)17-24-15-11-19(12-16-24)18-9-5-4-6-10-18/h4-6,9-11H,1-3,7-8,12-17H2,(H,23,27). The molecule has 1 aromatic carbocycles. The third kappa shape index (κ3) is 3.79. The number of imide groups is 1. The summed E-state index contributed by atoms with van der Waals surface area (Å²) in [5.74, 6) is -0.00719. The van der Waals surface area contributed by atoms with E-state index in [-0.39, 0.29) is 11.9 Å². The molecule has 0 unspecified atom stereocenters. The van der Waals surface area contributed by atoms with Crippen molar-refractivity contribution in [2.24, 2.45) is 0 Å². The molecule has 2 heterocycles. The van der Waals surface area contributed by atoms with Gasteiger partial charge in [0.25, 0.3) is 5.91 Å². The number of urea groups is 1. The van der Waals surface area contributed by atoms with Gasteiger partial charge in [-0.25, -0.2) is 9.69 Å². The quantitative estimate of drug-likeness (QED) is 0.828. The molecular formula is C22H29N3O2. The van der Waals surface area contributed by atoms with Crippen LogP contribution in [0.1, 0.15) is 56.9 Å². The molecule has 0 bridgehead atoms. The van der Waals surface area contributed by atoms with Crippen molar-refractivity contribution in [3.63, 3.8) is 0 Å². The highest BCUT2D eigenvalue weighted by Crippen LogP contribution is 2.32. The fourth-order valence-corrected chi connectivity index (χ4v) is 4.61. The Balaban J connectivity index is 1.40. The van der Waals surface area contributed by atoms with Crippen molar-refractivity contribution in [3.05, 3.63) is 42.0 Å². The van der Waals surface area contributed by atoms with Crippen molar-refractivity contribution in [1.82, 2.24) is 15.1 Å². The molecule has 0 radical (unpaired) electrons. The molecule has 1 aliphatic carbocycles. The minimum absolute atomic E-state index is 0.00719. The lowest BCUT2D eigenvalue weighted by Gasteiger charge is -2.31. The second-order valence-electron chi connectivity index (χ2n) is 8.08. The maximum absolute atomic E-state index is 13.1. The third-order valence-electron chi connectivity index (χ3n) is 6.23. The van der Waals surface area contributed by atoms with Gasteiger partial charge >= 0.3 is 6.03 Å². The first-order valence-corrected chi connectivity index (χ1v) is 10.3. The number of benzene rings is 1. The summed E-state index contributed by atoms with van der Waals surface area (Å²) in [6, 6.07) is 10.2. The molecule has 27 heavy (non-hydrogen) atoms. The monoisotopic (exact) mass is 367 g/mol. The molecule has 1 aromatic rings.